The van der Waals surface area contributed by atoms with Gasteiger partial charge in [0.1, 0.15) is 18.5 Å². The van der Waals surface area contributed by atoms with Gasteiger partial charge in [0.2, 0.25) is 0 Å². The van der Waals surface area contributed by atoms with E-state index in [9.17, 15) is 19.8 Å². The number of benzene rings is 2. The maximum absolute atomic E-state index is 17.6. The highest BCUT2D eigenvalue weighted by Crippen LogP contribution is 2.72. The Bertz CT molecular complexity index is 1710. The number of ketones is 2. The zero-order valence-electron chi connectivity index (χ0n) is 27.0. The lowest BCUT2D eigenvalue weighted by atomic mass is 9.44. The number of nitrogen functional groups attached to an aromatic ring is 1. The first kappa shape index (κ1) is 32.1. The van der Waals surface area contributed by atoms with Gasteiger partial charge in [-0.2, -0.15) is 0 Å². The van der Waals surface area contributed by atoms with Crippen molar-refractivity contribution >= 4 is 17.3 Å². The summed E-state index contributed by atoms with van der Waals surface area (Å²) in [5, 5.41) is 21.9. The first-order chi connectivity index (χ1) is 22.2. The van der Waals surface area contributed by atoms with E-state index in [0.717, 1.165) is 22.8 Å². The highest BCUT2D eigenvalue weighted by Gasteiger charge is 2.80. The summed E-state index contributed by atoms with van der Waals surface area (Å²) >= 11 is 0. The van der Waals surface area contributed by atoms with E-state index in [-0.39, 0.29) is 24.8 Å². The van der Waals surface area contributed by atoms with Gasteiger partial charge in [-0.1, -0.05) is 43.3 Å². The largest absolute Gasteiger partial charge is 0.495 e. The van der Waals surface area contributed by atoms with Crippen molar-refractivity contribution in [3.8, 4) is 5.75 Å². The van der Waals surface area contributed by atoms with Crippen LogP contribution < -0.4 is 10.5 Å². The predicted molar refractivity (Wildman–Crippen MR) is 169 cm³/mol. The zero-order chi connectivity index (χ0) is 33.7. The minimum Gasteiger partial charge on any atom is -0.495 e. The molecule has 10 heteroatoms. The third-order valence-electron chi connectivity index (χ3n) is 12.2. The predicted octanol–water partition coefficient (Wildman–Crippen LogP) is 4.82. The van der Waals surface area contributed by atoms with Gasteiger partial charge in [-0.25, -0.2) is 8.78 Å². The smallest absolute Gasteiger partial charge is 0.193 e. The minimum absolute atomic E-state index is 0.0346. The van der Waals surface area contributed by atoms with E-state index < -0.39 is 76.8 Å². The molecular weight excluding hydrogens is 608 g/mol. The molecule has 5 aliphatic rings. The molecule has 7 rings (SSSR count). The van der Waals surface area contributed by atoms with E-state index in [1.165, 1.54) is 19.1 Å². The van der Waals surface area contributed by atoms with Crippen LogP contribution in [0.3, 0.4) is 0 Å². The van der Waals surface area contributed by atoms with Crippen LogP contribution in [0.2, 0.25) is 0 Å². The second-order valence-electron chi connectivity index (χ2n) is 14.4. The van der Waals surface area contributed by atoms with Crippen molar-refractivity contribution in [1.82, 2.24) is 0 Å². The molecule has 0 radical (unpaired) electrons. The van der Waals surface area contributed by atoms with Crippen LogP contribution in [-0.2, 0) is 25.5 Å². The number of alkyl halides is 2. The number of hydrogen-bond acceptors (Lipinski definition) is 8. The molecule has 4 N–H and O–H groups in total. The molecule has 2 aromatic carbocycles. The monoisotopic (exact) mass is 649 g/mol. The number of carbonyl (C=O) groups is 2. The summed E-state index contributed by atoms with van der Waals surface area (Å²) in [4.78, 5) is 25.9. The average Bonchev–Trinajstić information content (AvgIpc) is 3.54. The number of allylic oxidation sites excluding steroid dienone is 4. The Hall–Kier alpha value is -3.44. The van der Waals surface area contributed by atoms with Crippen molar-refractivity contribution in [2.45, 2.75) is 82.4 Å². The van der Waals surface area contributed by atoms with Crippen molar-refractivity contribution < 1.29 is 42.8 Å². The van der Waals surface area contributed by atoms with Gasteiger partial charge in [0.15, 0.2) is 29.1 Å². The standard InChI is InChI=1S/C37H41F2NO7/c1-19-11-21(13-28(45-4)32(19)40)12-20-5-7-22(8-6-20)33-46-31-16-24-25-15-27(38)26-14-23(42)9-10-34(26,2)36(25,39)29(43)17-35(24,3)37(31,47-33)30(44)18-41/h5-11,13-14,24-25,27,29,31,33,41,43H,12,15-18,40H2,1-4H3/t24-,25-,27-,29-,31+,33+,34-,35-,36-,37+/m0/s1. The number of ether oxygens (including phenoxy) is 3. The van der Waals surface area contributed by atoms with Crippen LogP contribution in [0.1, 0.15) is 61.7 Å². The van der Waals surface area contributed by atoms with Gasteiger partial charge in [0.05, 0.1) is 25.0 Å². The normalized spacial score (nSPS) is 40.3. The van der Waals surface area contributed by atoms with Crippen molar-refractivity contribution in [1.29, 1.82) is 0 Å². The van der Waals surface area contributed by atoms with Crippen LogP contribution in [0.15, 0.2) is 60.2 Å². The maximum Gasteiger partial charge on any atom is 0.193 e. The summed E-state index contributed by atoms with van der Waals surface area (Å²) in [7, 11) is 1.58. The highest BCUT2D eigenvalue weighted by molar-refractivity contribution is 6.01. The van der Waals surface area contributed by atoms with Crippen molar-refractivity contribution in [2.24, 2.45) is 22.7 Å². The Labute approximate surface area is 272 Å². The Kier molecular flexibility index (Phi) is 7.37. The lowest BCUT2D eigenvalue weighted by Gasteiger charge is -2.63. The number of anilines is 1. The first-order valence-corrected chi connectivity index (χ1v) is 16.2. The Morgan fingerprint density at radius 2 is 1.85 bits per heavy atom. The lowest BCUT2D eigenvalue weighted by Crippen LogP contribution is -2.70. The molecule has 2 aromatic rings. The number of aryl methyl sites for hydroxylation is 1. The summed E-state index contributed by atoms with van der Waals surface area (Å²) in [5.41, 5.74) is 3.67. The topological polar surface area (TPSA) is 128 Å². The second-order valence-corrected chi connectivity index (χ2v) is 14.4. The van der Waals surface area contributed by atoms with Crippen LogP contribution >= 0.6 is 0 Å². The van der Waals surface area contributed by atoms with Crippen LogP contribution in [0.5, 0.6) is 5.75 Å². The molecule has 0 unspecified atom stereocenters. The van der Waals surface area contributed by atoms with Crippen LogP contribution in [0, 0.1) is 29.6 Å². The fraction of sp³-hybridized carbons (Fsp3) is 0.514. The minimum atomic E-state index is -2.30. The fourth-order valence-electron chi connectivity index (χ4n) is 9.85. The molecule has 0 spiro atoms. The first-order valence-electron chi connectivity index (χ1n) is 16.2. The van der Waals surface area contributed by atoms with Gasteiger partial charge in [-0.3, -0.25) is 9.59 Å². The molecule has 8 nitrogen and oxygen atoms in total. The van der Waals surface area contributed by atoms with Gasteiger partial charge in [0.25, 0.3) is 0 Å². The van der Waals surface area contributed by atoms with Crippen molar-refractivity contribution in [3.63, 3.8) is 0 Å². The molecule has 47 heavy (non-hydrogen) atoms. The molecule has 1 heterocycles. The van der Waals surface area contributed by atoms with Crippen LogP contribution in [-0.4, -0.2) is 65.1 Å². The van der Waals surface area contributed by atoms with Crippen molar-refractivity contribution in [3.05, 3.63) is 82.5 Å². The highest BCUT2D eigenvalue weighted by atomic mass is 19.1. The number of Topliss-reactive ketones (excluding diaryl/α,β-unsaturated/α-hetero) is 1. The van der Waals surface area contributed by atoms with E-state index in [1.807, 2.05) is 43.3 Å². The summed E-state index contributed by atoms with van der Waals surface area (Å²) in [6.45, 7) is 4.40. The number of carbonyl (C=O) groups excluding carboxylic acids is 2. The number of nitrogens with two attached hydrogens (primary N) is 1. The van der Waals surface area contributed by atoms with E-state index in [0.29, 0.717) is 23.4 Å². The molecule has 10 atom stereocenters. The molecule has 0 aromatic heterocycles. The van der Waals surface area contributed by atoms with E-state index in [2.05, 4.69) is 0 Å². The Morgan fingerprint density at radius 3 is 2.53 bits per heavy atom. The molecule has 4 fully saturated rings. The van der Waals surface area contributed by atoms with Crippen molar-refractivity contribution in [2.75, 3.05) is 19.5 Å². The van der Waals surface area contributed by atoms with Gasteiger partial charge in [-0.15, -0.1) is 0 Å². The van der Waals surface area contributed by atoms with Gasteiger partial charge in [-0.05, 0) is 85.9 Å². The summed E-state index contributed by atoms with van der Waals surface area (Å²) in [5.74, 6) is -2.02. The lowest BCUT2D eigenvalue weighted by molar-refractivity contribution is -0.235. The molecule has 0 bridgehead atoms. The van der Waals surface area contributed by atoms with E-state index in [4.69, 9.17) is 19.9 Å². The number of halogens is 2. The number of aliphatic hydroxyl groups is 2. The van der Waals surface area contributed by atoms with Gasteiger partial charge < -0.3 is 30.2 Å². The third kappa shape index (κ3) is 4.24. The number of rotatable bonds is 6. The molecular formula is C37H41F2NO7. The van der Waals surface area contributed by atoms with Gasteiger partial charge >= 0.3 is 0 Å². The maximum atomic E-state index is 17.6. The fourth-order valence-corrected chi connectivity index (χ4v) is 9.85. The third-order valence-corrected chi connectivity index (χ3v) is 12.2. The molecule has 250 valence electrons. The van der Waals surface area contributed by atoms with Crippen LogP contribution in [0.25, 0.3) is 0 Å². The average molecular weight is 650 g/mol. The van der Waals surface area contributed by atoms with Crippen LogP contribution in [0.4, 0.5) is 14.5 Å². The SMILES string of the molecule is COc1cc(Cc2ccc([C@@H]3O[C@@H]4C[C@H]5[C@@H]6C[C@H](F)C7=CC(=O)C=C[C@]7(C)[C@@]6(F)[C@@H](O)C[C@]5(C)[C@]4(C(=O)CO)O3)cc2)cc(C)c1N. The zero-order valence-corrected chi connectivity index (χ0v) is 27.0. The summed E-state index contributed by atoms with van der Waals surface area (Å²) in [6.07, 6.45) is -0.860. The quantitative estimate of drug-likeness (QED) is 0.380. The van der Waals surface area contributed by atoms with Gasteiger partial charge in [0, 0.05) is 22.3 Å². The Balaban J connectivity index is 1.19. The number of fused-ring (bicyclic) bond motifs is 7. The molecule has 1 saturated heterocycles. The number of aliphatic hydroxyl groups excluding tert-OH is 2. The molecule has 0 amide bonds. The Morgan fingerprint density at radius 1 is 1.13 bits per heavy atom. The summed E-state index contributed by atoms with van der Waals surface area (Å²) in [6, 6.07) is 11.5. The van der Waals surface area contributed by atoms with E-state index in [1.54, 1.807) is 14.0 Å². The molecule has 3 saturated carbocycles. The summed E-state index contributed by atoms with van der Waals surface area (Å²) < 4.78 is 51.9. The molecule has 4 aliphatic carbocycles. The number of methoxy groups -OCH3 is 1. The van der Waals surface area contributed by atoms with E-state index >= 15 is 8.78 Å². The molecule has 1 aliphatic heterocycles. The second kappa shape index (κ2) is 10.8. The number of hydrogen-bond donors (Lipinski definition) is 3.